The van der Waals surface area contributed by atoms with E-state index in [9.17, 15) is 19.5 Å². The minimum Gasteiger partial charge on any atom is -0.481 e. The number of likely N-dealkylation sites (tertiary alicyclic amines) is 2. The standard InChI is InChI=1S/C21H29N3O4/c1-15(2)21(19(26)27)10-12-24(14-21)18(25)16-7-6-11-23(13-16)20(28)22-17-8-4-3-5-9-17/h3-5,8-9,15-16H,6-7,10-14H2,1-2H3,(H,22,28)(H,26,27). The molecule has 7 heteroatoms. The van der Waals surface area contributed by atoms with Gasteiger partial charge in [-0.2, -0.15) is 0 Å². The second-order valence-electron chi connectivity index (χ2n) is 8.21. The van der Waals surface area contributed by atoms with Crippen molar-refractivity contribution in [3.05, 3.63) is 30.3 Å². The molecule has 0 aliphatic carbocycles. The lowest BCUT2D eigenvalue weighted by atomic mass is 9.76. The first-order chi connectivity index (χ1) is 13.3. The maximum atomic E-state index is 13.0. The van der Waals surface area contributed by atoms with Crippen LogP contribution in [0.3, 0.4) is 0 Å². The molecule has 7 nitrogen and oxygen atoms in total. The predicted octanol–water partition coefficient (Wildman–Crippen LogP) is 2.89. The van der Waals surface area contributed by atoms with Gasteiger partial charge in [0.25, 0.3) is 0 Å². The zero-order chi connectivity index (χ0) is 20.3. The first kappa shape index (κ1) is 20.2. The van der Waals surface area contributed by atoms with E-state index in [4.69, 9.17) is 0 Å². The van der Waals surface area contributed by atoms with Gasteiger partial charge in [-0.25, -0.2) is 4.79 Å². The topological polar surface area (TPSA) is 90.0 Å². The average Bonchev–Trinajstić information content (AvgIpc) is 3.15. The molecule has 2 atom stereocenters. The van der Waals surface area contributed by atoms with Crippen LogP contribution in [0.1, 0.15) is 33.1 Å². The molecule has 0 bridgehead atoms. The number of hydrogen-bond donors (Lipinski definition) is 2. The number of urea groups is 1. The summed E-state index contributed by atoms with van der Waals surface area (Å²) in [4.78, 5) is 40.8. The molecule has 2 unspecified atom stereocenters. The zero-order valence-electron chi connectivity index (χ0n) is 16.6. The second-order valence-corrected chi connectivity index (χ2v) is 8.21. The Morgan fingerprint density at radius 3 is 2.46 bits per heavy atom. The molecular weight excluding hydrogens is 358 g/mol. The van der Waals surface area contributed by atoms with Gasteiger partial charge in [0.1, 0.15) is 0 Å². The Kier molecular flexibility index (Phi) is 5.91. The van der Waals surface area contributed by atoms with Crippen LogP contribution in [0.4, 0.5) is 10.5 Å². The van der Waals surface area contributed by atoms with Gasteiger partial charge in [0.15, 0.2) is 0 Å². The van der Waals surface area contributed by atoms with Crippen molar-refractivity contribution >= 4 is 23.6 Å². The Balaban J connectivity index is 1.62. The monoisotopic (exact) mass is 387 g/mol. The highest BCUT2D eigenvalue weighted by molar-refractivity contribution is 5.90. The van der Waals surface area contributed by atoms with Gasteiger partial charge in [0, 0.05) is 31.9 Å². The fourth-order valence-corrected chi connectivity index (χ4v) is 4.26. The lowest BCUT2D eigenvalue weighted by molar-refractivity contribution is -0.151. The molecule has 3 amide bonds. The van der Waals surface area contributed by atoms with Crippen LogP contribution in [0, 0.1) is 17.3 Å². The van der Waals surface area contributed by atoms with Gasteiger partial charge in [-0.15, -0.1) is 0 Å². The molecule has 3 rings (SSSR count). The van der Waals surface area contributed by atoms with Crippen LogP contribution >= 0.6 is 0 Å². The van der Waals surface area contributed by atoms with E-state index in [0.717, 1.165) is 18.5 Å². The lowest BCUT2D eigenvalue weighted by Gasteiger charge is -2.34. The zero-order valence-corrected chi connectivity index (χ0v) is 16.6. The Morgan fingerprint density at radius 1 is 1.14 bits per heavy atom. The number of nitrogens with one attached hydrogen (secondary N) is 1. The van der Waals surface area contributed by atoms with E-state index in [1.54, 1.807) is 9.80 Å². The highest BCUT2D eigenvalue weighted by Gasteiger charge is 2.49. The number of carbonyl (C=O) groups excluding carboxylic acids is 2. The largest absolute Gasteiger partial charge is 0.481 e. The third kappa shape index (κ3) is 3.98. The molecule has 1 aromatic rings. The van der Waals surface area contributed by atoms with Gasteiger partial charge in [-0.1, -0.05) is 32.0 Å². The van der Waals surface area contributed by atoms with E-state index in [-0.39, 0.29) is 30.3 Å². The van der Waals surface area contributed by atoms with Crippen molar-refractivity contribution in [2.75, 3.05) is 31.5 Å². The number of carboxylic acids is 1. The summed E-state index contributed by atoms with van der Waals surface area (Å²) in [5.41, 5.74) is -0.141. The summed E-state index contributed by atoms with van der Waals surface area (Å²) in [6.07, 6.45) is 1.98. The van der Waals surface area contributed by atoms with E-state index >= 15 is 0 Å². The van der Waals surface area contributed by atoms with Crippen LogP contribution in [-0.2, 0) is 9.59 Å². The Labute approximate surface area is 165 Å². The van der Waals surface area contributed by atoms with Crippen molar-refractivity contribution in [1.82, 2.24) is 9.80 Å². The van der Waals surface area contributed by atoms with Gasteiger partial charge in [0.05, 0.1) is 11.3 Å². The smallest absolute Gasteiger partial charge is 0.321 e. The number of benzene rings is 1. The van der Waals surface area contributed by atoms with Crippen LogP contribution in [0.5, 0.6) is 0 Å². The van der Waals surface area contributed by atoms with Crippen LogP contribution < -0.4 is 5.32 Å². The van der Waals surface area contributed by atoms with Crippen molar-refractivity contribution in [1.29, 1.82) is 0 Å². The van der Waals surface area contributed by atoms with Gasteiger partial charge in [-0.05, 0) is 37.3 Å². The fourth-order valence-electron chi connectivity index (χ4n) is 4.26. The predicted molar refractivity (Wildman–Crippen MR) is 106 cm³/mol. The summed E-state index contributed by atoms with van der Waals surface area (Å²) in [5, 5.41) is 12.6. The Bertz CT molecular complexity index is 736. The van der Waals surface area contributed by atoms with Crippen molar-refractivity contribution in [3.63, 3.8) is 0 Å². The number of carboxylic acid groups (broad SMARTS) is 1. The minimum absolute atomic E-state index is 0.0269. The highest BCUT2D eigenvalue weighted by atomic mass is 16.4. The summed E-state index contributed by atoms with van der Waals surface area (Å²) < 4.78 is 0. The Morgan fingerprint density at radius 2 is 1.86 bits per heavy atom. The van der Waals surface area contributed by atoms with Crippen LogP contribution in [-0.4, -0.2) is 59.0 Å². The number of carbonyl (C=O) groups is 3. The molecule has 2 heterocycles. The maximum absolute atomic E-state index is 13.0. The number of hydrogen-bond acceptors (Lipinski definition) is 3. The van der Waals surface area contributed by atoms with Crippen LogP contribution in [0.25, 0.3) is 0 Å². The molecule has 0 radical (unpaired) electrons. The number of amides is 3. The van der Waals surface area contributed by atoms with Gasteiger partial charge >= 0.3 is 12.0 Å². The molecule has 0 spiro atoms. The first-order valence-electron chi connectivity index (χ1n) is 9.96. The minimum atomic E-state index is -0.866. The number of para-hydroxylation sites is 1. The van der Waals surface area contributed by atoms with Crippen molar-refractivity contribution in [2.45, 2.75) is 33.1 Å². The maximum Gasteiger partial charge on any atom is 0.321 e. The van der Waals surface area contributed by atoms with Crippen LogP contribution in [0.15, 0.2) is 30.3 Å². The molecule has 2 fully saturated rings. The molecule has 2 N–H and O–H groups in total. The summed E-state index contributed by atoms with van der Waals surface area (Å²) in [6.45, 7) is 5.52. The molecule has 152 valence electrons. The average molecular weight is 387 g/mol. The summed E-state index contributed by atoms with van der Waals surface area (Å²) in [6, 6.07) is 9.05. The highest BCUT2D eigenvalue weighted by Crippen LogP contribution is 2.39. The Hall–Kier alpha value is -2.57. The molecule has 0 aromatic heterocycles. The van der Waals surface area contributed by atoms with Crippen molar-refractivity contribution < 1.29 is 19.5 Å². The van der Waals surface area contributed by atoms with E-state index < -0.39 is 11.4 Å². The van der Waals surface area contributed by atoms with E-state index in [1.807, 2.05) is 44.2 Å². The summed E-state index contributed by atoms with van der Waals surface area (Å²) >= 11 is 0. The number of anilines is 1. The quantitative estimate of drug-likeness (QED) is 0.831. The summed E-state index contributed by atoms with van der Waals surface area (Å²) in [5.74, 6) is -1.17. The van der Waals surface area contributed by atoms with E-state index in [0.29, 0.717) is 26.1 Å². The molecule has 1 aromatic carbocycles. The molecule has 2 aliphatic rings. The fraction of sp³-hybridized carbons (Fsp3) is 0.571. The normalized spacial score (nSPS) is 25.0. The number of rotatable bonds is 4. The van der Waals surface area contributed by atoms with Crippen molar-refractivity contribution in [3.8, 4) is 0 Å². The lowest BCUT2D eigenvalue weighted by Crippen LogP contribution is -2.48. The van der Waals surface area contributed by atoms with E-state index in [1.165, 1.54) is 0 Å². The number of aliphatic carboxylic acids is 1. The second kappa shape index (κ2) is 8.20. The SMILES string of the molecule is CC(C)C1(C(=O)O)CCN(C(=O)C2CCCN(C(=O)Nc3ccccc3)C2)C1. The summed E-state index contributed by atoms with van der Waals surface area (Å²) in [7, 11) is 0. The number of piperidine rings is 1. The van der Waals surface area contributed by atoms with E-state index in [2.05, 4.69) is 5.32 Å². The van der Waals surface area contributed by atoms with Gasteiger partial charge in [-0.3, -0.25) is 9.59 Å². The molecule has 28 heavy (non-hydrogen) atoms. The molecule has 0 saturated carbocycles. The molecule has 2 aliphatic heterocycles. The first-order valence-corrected chi connectivity index (χ1v) is 9.96. The van der Waals surface area contributed by atoms with Crippen molar-refractivity contribution in [2.24, 2.45) is 17.3 Å². The third-order valence-corrected chi connectivity index (χ3v) is 6.23. The molecule has 2 saturated heterocycles. The molecular formula is C21H29N3O4. The van der Waals surface area contributed by atoms with Crippen LogP contribution in [0.2, 0.25) is 0 Å². The third-order valence-electron chi connectivity index (χ3n) is 6.23. The van der Waals surface area contributed by atoms with Gasteiger partial charge < -0.3 is 20.2 Å². The van der Waals surface area contributed by atoms with Gasteiger partial charge in [0.2, 0.25) is 5.91 Å². The number of nitrogens with zero attached hydrogens (tertiary/aromatic N) is 2.